The molecule has 0 aliphatic carbocycles. The van der Waals surface area contributed by atoms with Crippen LogP contribution < -0.4 is 10.8 Å². The van der Waals surface area contributed by atoms with Gasteiger partial charge in [0.05, 0.1) is 5.52 Å². The van der Waals surface area contributed by atoms with Crippen LogP contribution in [0.25, 0.3) is 10.9 Å². The lowest BCUT2D eigenvalue weighted by Crippen LogP contribution is -2.01. The summed E-state index contributed by atoms with van der Waals surface area (Å²) in [5, 5.41) is 13.0. The quantitative estimate of drug-likeness (QED) is 0.458. The normalized spacial score (nSPS) is 18.0. The molecule has 1 aliphatic heterocycles. The minimum Gasteiger partial charge on any atom is -0.383 e. The van der Waals surface area contributed by atoms with Crippen molar-refractivity contribution in [3.05, 3.63) is 47.6 Å². The molecule has 116 valence electrons. The van der Waals surface area contributed by atoms with Crippen LogP contribution in [0.15, 0.2) is 52.6 Å². The number of nitrogens with one attached hydrogen (secondary N) is 2. The lowest BCUT2D eigenvalue weighted by atomic mass is 10.2. The first-order valence-corrected chi connectivity index (χ1v) is 8.10. The van der Waals surface area contributed by atoms with Crippen molar-refractivity contribution in [2.75, 3.05) is 11.9 Å². The zero-order valence-electron chi connectivity index (χ0n) is 12.4. The topological polar surface area (TPSA) is 69.5 Å². The van der Waals surface area contributed by atoms with Gasteiger partial charge in [-0.2, -0.15) is 0 Å². The third-order valence-electron chi connectivity index (χ3n) is 3.23. The van der Waals surface area contributed by atoms with Gasteiger partial charge in [-0.15, -0.1) is 0 Å². The Morgan fingerprint density at radius 2 is 2.22 bits per heavy atom. The number of hydrogen-bond donors (Lipinski definition) is 3. The number of anilines is 1. The van der Waals surface area contributed by atoms with Crippen LogP contribution in [0, 0.1) is 11.8 Å². The van der Waals surface area contributed by atoms with Crippen LogP contribution in [0.5, 0.6) is 0 Å². The third-order valence-corrected chi connectivity index (χ3v) is 4.19. The number of para-hydroxylation sites is 1. The number of hydroxylamine groups is 1. The molecule has 0 bridgehead atoms. The number of benzene rings is 1. The number of aromatic nitrogens is 1. The fourth-order valence-electron chi connectivity index (χ4n) is 2.20. The SMILES string of the molecule is ONC=C1C=NC(C#CCCNc2ccnc3ccccc23)S1. The van der Waals surface area contributed by atoms with E-state index in [1.807, 2.05) is 35.9 Å². The summed E-state index contributed by atoms with van der Waals surface area (Å²) >= 11 is 1.51. The van der Waals surface area contributed by atoms with Gasteiger partial charge in [0.2, 0.25) is 0 Å². The minimum absolute atomic E-state index is 0.0867. The number of aliphatic imine (C=N–C) groups is 1. The summed E-state index contributed by atoms with van der Waals surface area (Å²) in [6, 6.07) is 10.0. The lowest BCUT2D eigenvalue weighted by Gasteiger charge is -2.07. The van der Waals surface area contributed by atoms with Gasteiger partial charge in [0.1, 0.15) is 0 Å². The number of nitrogens with zero attached hydrogens (tertiary/aromatic N) is 2. The van der Waals surface area contributed by atoms with Crippen molar-refractivity contribution in [1.82, 2.24) is 10.5 Å². The summed E-state index contributed by atoms with van der Waals surface area (Å²) < 4.78 is 0. The van der Waals surface area contributed by atoms with Crippen LogP contribution in [-0.4, -0.2) is 28.3 Å². The van der Waals surface area contributed by atoms with Gasteiger partial charge < -0.3 is 5.32 Å². The standard InChI is InChI=1S/C17H16N4OS/c22-21-12-13-11-20-17(23-13)7-3-4-9-18-16-8-10-19-15-6-2-1-5-14(15)16/h1-2,5-6,8,10-12,17,21-22H,4,9H2,(H,18,19). The maximum Gasteiger partial charge on any atom is 0.160 e. The monoisotopic (exact) mass is 324 g/mol. The number of hydrogen-bond acceptors (Lipinski definition) is 6. The average molecular weight is 324 g/mol. The molecule has 3 rings (SSSR count). The van der Waals surface area contributed by atoms with Crippen LogP contribution in [0.2, 0.25) is 0 Å². The molecule has 23 heavy (non-hydrogen) atoms. The Morgan fingerprint density at radius 3 is 3.13 bits per heavy atom. The molecule has 1 aromatic carbocycles. The Labute approximate surface area is 138 Å². The highest BCUT2D eigenvalue weighted by molar-refractivity contribution is 8.05. The average Bonchev–Trinajstić information content (AvgIpc) is 3.02. The fourth-order valence-corrected chi connectivity index (χ4v) is 2.97. The van der Waals surface area contributed by atoms with Crippen molar-refractivity contribution in [2.45, 2.75) is 11.8 Å². The first kappa shape index (κ1) is 15.4. The lowest BCUT2D eigenvalue weighted by molar-refractivity contribution is 0.214. The number of pyridine rings is 1. The Morgan fingerprint density at radius 1 is 1.30 bits per heavy atom. The van der Waals surface area contributed by atoms with Gasteiger partial charge in [0.25, 0.3) is 0 Å². The van der Waals surface area contributed by atoms with E-state index in [0.717, 1.165) is 34.5 Å². The van der Waals surface area contributed by atoms with E-state index in [9.17, 15) is 0 Å². The maximum absolute atomic E-state index is 8.59. The molecule has 0 radical (unpaired) electrons. The van der Waals surface area contributed by atoms with Crippen LogP contribution in [-0.2, 0) is 0 Å². The molecule has 1 aromatic heterocycles. The Bertz CT molecular complexity index is 802. The highest BCUT2D eigenvalue weighted by Gasteiger charge is 2.11. The van der Waals surface area contributed by atoms with E-state index in [-0.39, 0.29) is 5.37 Å². The van der Waals surface area contributed by atoms with Gasteiger partial charge in [-0.25, -0.2) is 0 Å². The number of allylic oxidation sites excluding steroid dienone is 1. The molecule has 0 saturated heterocycles. The van der Waals surface area contributed by atoms with Crippen molar-refractivity contribution in [3.63, 3.8) is 0 Å². The summed E-state index contributed by atoms with van der Waals surface area (Å²) in [7, 11) is 0. The summed E-state index contributed by atoms with van der Waals surface area (Å²) in [6.07, 6.45) is 5.74. The molecule has 0 amide bonds. The molecule has 6 heteroatoms. The third kappa shape index (κ3) is 4.03. The van der Waals surface area contributed by atoms with Gasteiger partial charge >= 0.3 is 0 Å². The highest BCUT2D eigenvalue weighted by Crippen LogP contribution is 2.26. The summed E-state index contributed by atoms with van der Waals surface area (Å²) in [5.41, 5.74) is 4.06. The Balaban J connectivity index is 1.52. The van der Waals surface area contributed by atoms with Gasteiger partial charge in [-0.05, 0) is 12.1 Å². The Hall–Kier alpha value is -2.49. The maximum atomic E-state index is 8.59. The van der Waals surface area contributed by atoms with Gasteiger partial charge in [-0.1, -0.05) is 41.8 Å². The fraction of sp³-hybridized carbons (Fsp3) is 0.176. The van der Waals surface area contributed by atoms with E-state index in [4.69, 9.17) is 5.21 Å². The second-order valence-electron chi connectivity index (χ2n) is 4.80. The van der Waals surface area contributed by atoms with Crippen LogP contribution in [0.1, 0.15) is 6.42 Å². The van der Waals surface area contributed by atoms with Gasteiger partial charge in [0, 0.05) is 47.6 Å². The van der Waals surface area contributed by atoms with Crippen LogP contribution in [0.3, 0.4) is 0 Å². The summed E-state index contributed by atoms with van der Waals surface area (Å²) in [5.74, 6) is 6.24. The van der Waals surface area contributed by atoms with Crippen LogP contribution in [0.4, 0.5) is 5.69 Å². The Kier molecular flexibility index (Phi) is 5.14. The molecule has 0 fully saturated rings. The van der Waals surface area contributed by atoms with Crippen molar-refractivity contribution in [3.8, 4) is 11.8 Å². The number of fused-ring (bicyclic) bond motifs is 1. The summed E-state index contributed by atoms with van der Waals surface area (Å²) in [4.78, 5) is 9.46. The molecule has 1 atom stereocenters. The second kappa shape index (κ2) is 7.68. The molecule has 0 spiro atoms. The highest BCUT2D eigenvalue weighted by atomic mass is 32.2. The molecule has 1 aliphatic rings. The van der Waals surface area contributed by atoms with E-state index in [1.165, 1.54) is 18.0 Å². The van der Waals surface area contributed by atoms with Crippen LogP contribution >= 0.6 is 11.8 Å². The number of rotatable bonds is 4. The zero-order valence-corrected chi connectivity index (χ0v) is 13.2. The molecule has 0 saturated carbocycles. The first-order chi connectivity index (χ1) is 11.4. The largest absolute Gasteiger partial charge is 0.383 e. The smallest absolute Gasteiger partial charge is 0.160 e. The molecule has 5 nitrogen and oxygen atoms in total. The number of thioether (sulfide) groups is 1. The first-order valence-electron chi connectivity index (χ1n) is 7.22. The van der Waals surface area contributed by atoms with Crippen molar-refractivity contribution in [1.29, 1.82) is 0 Å². The summed E-state index contributed by atoms with van der Waals surface area (Å²) in [6.45, 7) is 0.767. The van der Waals surface area contributed by atoms with Crippen molar-refractivity contribution < 1.29 is 5.21 Å². The molecule has 2 aromatic rings. The zero-order chi connectivity index (χ0) is 15.9. The van der Waals surface area contributed by atoms with E-state index in [2.05, 4.69) is 33.2 Å². The second-order valence-corrected chi connectivity index (χ2v) is 5.95. The van der Waals surface area contributed by atoms with Gasteiger partial charge in [0.15, 0.2) is 5.37 Å². The predicted molar refractivity (Wildman–Crippen MR) is 95.5 cm³/mol. The molecule has 3 N–H and O–H groups in total. The van der Waals surface area contributed by atoms with E-state index in [1.54, 1.807) is 6.21 Å². The predicted octanol–water partition coefficient (Wildman–Crippen LogP) is 3.00. The minimum atomic E-state index is -0.0867. The van der Waals surface area contributed by atoms with E-state index >= 15 is 0 Å². The van der Waals surface area contributed by atoms with Gasteiger partial charge in [-0.3, -0.25) is 20.7 Å². The molecule has 2 heterocycles. The van der Waals surface area contributed by atoms with E-state index in [0.29, 0.717) is 0 Å². The van der Waals surface area contributed by atoms with E-state index < -0.39 is 0 Å². The molecular weight excluding hydrogens is 308 g/mol. The van der Waals surface area contributed by atoms with Crippen molar-refractivity contribution in [2.24, 2.45) is 4.99 Å². The van der Waals surface area contributed by atoms with Crippen molar-refractivity contribution >= 4 is 34.6 Å². The molecular formula is C17H16N4OS. The molecule has 1 unspecified atom stereocenters.